The van der Waals surface area contributed by atoms with E-state index in [0.29, 0.717) is 24.7 Å². The van der Waals surface area contributed by atoms with Crippen LogP contribution in [0.15, 0.2) is 29.3 Å². The van der Waals surface area contributed by atoms with Crippen molar-refractivity contribution in [3.05, 3.63) is 34.9 Å². The number of rotatable bonds is 7. The number of aliphatic hydroxyl groups excluding tert-OH is 1. The Bertz CT molecular complexity index is 704. The van der Waals surface area contributed by atoms with Crippen LogP contribution in [0, 0.1) is 0 Å². The number of nitrogens with one attached hydrogen (secondary N) is 1. The lowest BCUT2D eigenvalue weighted by Gasteiger charge is -2.36. The van der Waals surface area contributed by atoms with E-state index in [4.69, 9.17) is 16.6 Å². The fourth-order valence-electron chi connectivity index (χ4n) is 3.91. The van der Waals surface area contributed by atoms with Crippen LogP contribution in [0.4, 0.5) is 0 Å². The van der Waals surface area contributed by atoms with Crippen molar-refractivity contribution in [2.24, 2.45) is 4.99 Å². The molecule has 2 fully saturated rings. The Hall–Kier alpha value is -1.83. The summed E-state index contributed by atoms with van der Waals surface area (Å²) in [5.41, 5.74) is 1.09. The Morgan fingerprint density at radius 3 is 2.60 bits per heavy atom. The van der Waals surface area contributed by atoms with Crippen LogP contribution in [0.5, 0.6) is 0 Å². The smallest absolute Gasteiger partial charge is 0.242 e. The number of piperazine rings is 1. The van der Waals surface area contributed by atoms with Crippen molar-refractivity contribution in [1.82, 2.24) is 20.0 Å². The van der Waals surface area contributed by atoms with Crippen LogP contribution < -0.4 is 5.32 Å². The van der Waals surface area contributed by atoms with E-state index in [2.05, 4.69) is 15.1 Å². The summed E-state index contributed by atoms with van der Waals surface area (Å²) in [7, 11) is 0. The van der Waals surface area contributed by atoms with Gasteiger partial charge in [-0.15, -0.1) is 0 Å². The van der Waals surface area contributed by atoms with Crippen LogP contribution in [0.1, 0.15) is 31.7 Å². The first-order valence-corrected chi connectivity index (χ1v) is 11.4. The van der Waals surface area contributed by atoms with Gasteiger partial charge in [-0.05, 0) is 50.4 Å². The number of benzene rings is 1. The highest BCUT2D eigenvalue weighted by Crippen LogP contribution is 2.14. The van der Waals surface area contributed by atoms with E-state index >= 15 is 0 Å². The summed E-state index contributed by atoms with van der Waals surface area (Å²) in [5.74, 6) is 0.944. The van der Waals surface area contributed by atoms with Crippen molar-refractivity contribution in [3.63, 3.8) is 0 Å². The molecule has 8 heteroatoms. The molecule has 0 unspecified atom stereocenters. The van der Waals surface area contributed by atoms with Crippen molar-refractivity contribution in [2.75, 3.05) is 52.4 Å². The number of aliphatic hydroxyl groups is 1. The molecule has 2 aliphatic rings. The fraction of sp³-hybridized carbons (Fsp3) is 0.636. The number of hydrogen-bond donors (Lipinski definition) is 2. The summed E-state index contributed by atoms with van der Waals surface area (Å²) >= 11 is 5.95. The first-order valence-electron chi connectivity index (χ1n) is 11.0. The van der Waals surface area contributed by atoms with E-state index in [1.807, 2.05) is 36.1 Å². The first-order chi connectivity index (χ1) is 14.5. The predicted molar refractivity (Wildman–Crippen MR) is 121 cm³/mol. The lowest BCUT2D eigenvalue weighted by atomic mass is 10.1. The molecule has 0 spiro atoms. The average Bonchev–Trinajstić information content (AvgIpc) is 2.74. The number of amides is 1. The van der Waals surface area contributed by atoms with Gasteiger partial charge >= 0.3 is 0 Å². The van der Waals surface area contributed by atoms with E-state index in [0.717, 1.165) is 70.1 Å². The van der Waals surface area contributed by atoms with E-state index in [1.165, 1.54) is 0 Å². The summed E-state index contributed by atoms with van der Waals surface area (Å²) in [6, 6.07) is 7.66. The van der Waals surface area contributed by atoms with Crippen LogP contribution >= 0.6 is 11.6 Å². The van der Waals surface area contributed by atoms with Crippen molar-refractivity contribution in [3.8, 4) is 0 Å². The molecule has 0 radical (unpaired) electrons. The number of likely N-dealkylation sites (tertiary alicyclic amines) is 1. The Labute approximate surface area is 184 Å². The monoisotopic (exact) mass is 435 g/mol. The molecule has 7 nitrogen and oxygen atoms in total. The van der Waals surface area contributed by atoms with Crippen molar-refractivity contribution in [2.45, 2.75) is 38.8 Å². The summed E-state index contributed by atoms with van der Waals surface area (Å²) < 4.78 is 0. The number of piperidine rings is 1. The topological polar surface area (TPSA) is 71.4 Å². The maximum atomic E-state index is 12.7. The number of aliphatic imine (C=N–C) groups is 1. The lowest BCUT2D eigenvalue weighted by Crippen LogP contribution is -2.55. The molecular formula is C22H34ClN5O2. The minimum absolute atomic E-state index is 0.119. The van der Waals surface area contributed by atoms with E-state index in [-0.39, 0.29) is 12.0 Å². The van der Waals surface area contributed by atoms with Crippen molar-refractivity contribution in [1.29, 1.82) is 0 Å². The molecule has 2 aliphatic heterocycles. The zero-order valence-corrected chi connectivity index (χ0v) is 18.7. The molecule has 30 heavy (non-hydrogen) atoms. The number of hydrogen-bond acceptors (Lipinski definition) is 4. The zero-order chi connectivity index (χ0) is 21.3. The highest BCUT2D eigenvalue weighted by molar-refractivity contribution is 6.30. The minimum atomic E-state index is -0.129. The average molecular weight is 436 g/mol. The Kier molecular flexibility index (Phi) is 8.78. The second-order valence-corrected chi connectivity index (χ2v) is 8.46. The predicted octanol–water partition coefficient (Wildman–Crippen LogP) is 1.80. The highest BCUT2D eigenvalue weighted by atomic mass is 35.5. The molecule has 0 saturated carbocycles. The van der Waals surface area contributed by atoms with E-state index in [9.17, 15) is 9.90 Å². The first kappa shape index (κ1) is 22.8. The number of carbonyl (C=O) groups excluding carboxylic acids is 1. The van der Waals surface area contributed by atoms with E-state index < -0.39 is 0 Å². The van der Waals surface area contributed by atoms with Gasteiger partial charge in [0.2, 0.25) is 5.91 Å². The van der Waals surface area contributed by atoms with Crippen LogP contribution in [0.2, 0.25) is 5.02 Å². The Morgan fingerprint density at radius 1 is 1.20 bits per heavy atom. The molecule has 3 rings (SSSR count). The van der Waals surface area contributed by atoms with Crippen molar-refractivity contribution < 1.29 is 9.90 Å². The van der Waals surface area contributed by atoms with Gasteiger partial charge in [-0.25, -0.2) is 0 Å². The normalized spacial score (nSPS) is 19.4. The Morgan fingerprint density at radius 2 is 1.93 bits per heavy atom. The summed E-state index contributed by atoms with van der Waals surface area (Å²) in [6.45, 7) is 8.92. The van der Waals surface area contributed by atoms with Crippen LogP contribution in [-0.4, -0.2) is 90.1 Å². The molecule has 2 N–H and O–H groups in total. The molecule has 0 aromatic heterocycles. The quantitative estimate of drug-likeness (QED) is 0.388. The molecule has 2 heterocycles. The molecule has 0 atom stereocenters. The molecule has 0 aliphatic carbocycles. The molecule has 1 aromatic rings. The van der Waals surface area contributed by atoms with Gasteiger partial charge in [-0.1, -0.05) is 23.7 Å². The van der Waals surface area contributed by atoms with Gasteiger partial charge in [0.25, 0.3) is 0 Å². The largest absolute Gasteiger partial charge is 0.393 e. The molecule has 1 amide bonds. The van der Waals surface area contributed by atoms with Gasteiger partial charge in [-0.3, -0.25) is 9.79 Å². The Balaban J connectivity index is 1.46. The maximum Gasteiger partial charge on any atom is 0.242 e. The van der Waals surface area contributed by atoms with Crippen LogP contribution in [-0.2, 0) is 11.3 Å². The van der Waals surface area contributed by atoms with Gasteiger partial charge < -0.3 is 25.1 Å². The van der Waals surface area contributed by atoms with Gasteiger partial charge in [0.15, 0.2) is 5.96 Å². The number of carbonyl (C=O) groups is 1. The number of guanidine groups is 1. The number of nitrogens with zero attached hydrogens (tertiary/aromatic N) is 4. The van der Waals surface area contributed by atoms with Gasteiger partial charge in [-0.2, -0.15) is 0 Å². The fourth-order valence-corrected chi connectivity index (χ4v) is 4.04. The van der Waals surface area contributed by atoms with Crippen LogP contribution in [0.3, 0.4) is 0 Å². The molecule has 0 bridgehead atoms. The molecule has 166 valence electrons. The molecule has 2 saturated heterocycles. The second kappa shape index (κ2) is 11.5. The second-order valence-electron chi connectivity index (χ2n) is 8.03. The van der Waals surface area contributed by atoms with Crippen molar-refractivity contribution >= 4 is 23.5 Å². The third-order valence-corrected chi connectivity index (χ3v) is 5.94. The highest BCUT2D eigenvalue weighted by Gasteiger charge is 2.26. The molecular weight excluding hydrogens is 402 g/mol. The van der Waals surface area contributed by atoms with Gasteiger partial charge in [0, 0.05) is 50.8 Å². The SMILES string of the molecule is CCNC(=NCCCN1CCC(O)CC1)N1CCN(Cc2ccc(Cl)cc2)C(=O)C1. The van der Waals surface area contributed by atoms with Gasteiger partial charge in [0.1, 0.15) is 0 Å². The summed E-state index contributed by atoms with van der Waals surface area (Å²) in [6.07, 6.45) is 2.59. The third-order valence-electron chi connectivity index (χ3n) is 5.69. The maximum absolute atomic E-state index is 12.7. The lowest BCUT2D eigenvalue weighted by molar-refractivity contribution is -0.135. The minimum Gasteiger partial charge on any atom is -0.393 e. The van der Waals surface area contributed by atoms with Gasteiger partial charge in [0.05, 0.1) is 12.6 Å². The zero-order valence-electron chi connectivity index (χ0n) is 17.9. The van der Waals surface area contributed by atoms with E-state index in [1.54, 1.807) is 0 Å². The molecule has 1 aromatic carbocycles. The number of halogens is 1. The van der Waals surface area contributed by atoms with Crippen LogP contribution in [0.25, 0.3) is 0 Å². The summed E-state index contributed by atoms with van der Waals surface area (Å²) in [5, 5.41) is 13.6. The standard InChI is InChI=1S/C22H34ClN5O2/c1-2-24-22(25-10-3-11-26-12-8-20(29)9-13-26)28-15-14-27(21(30)17-28)16-18-4-6-19(23)7-5-18/h4-7,20,29H,2-3,8-17H2,1H3,(H,24,25). The third kappa shape index (κ3) is 6.86. The summed E-state index contributed by atoms with van der Waals surface area (Å²) in [4.78, 5) is 23.8.